The third-order valence-electron chi connectivity index (χ3n) is 2.80. The summed E-state index contributed by atoms with van der Waals surface area (Å²) in [4.78, 5) is 0. The standard InChI is InChI=1S/C14H30O2/c1-9-14(8,10-12(2,3)4)11(15)16-13(5,6)7/h11,15H,9-10H2,1-8H3. The van der Waals surface area contributed by atoms with E-state index < -0.39 is 6.29 Å². The van der Waals surface area contributed by atoms with Crippen molar-refractivity contribution in [2.45, 2.75) is 80.1 Å². The van der Waals surface area contributed by atoms with E-state index in [0.29, 0.717) is 0 Å². The molecule has 0 radical (unpaired) electrons. The van der Waals surface area contributed by atoms with Gasteiger partial charge < -0.3 is 9.84 Å². The van der Waals surface area contributed by atoms with E-state index in [9.17, 15) is 5.11 Å². The summed E-state index contributed by atoms with van der Waals surface area (Å²) in [5.41, 5.74) is -0.272. The number of hydrogen-bond donors (Lipinski definition) is 1. The normalized spacial score (nSPS) is 19.3. The topological polar surface area (TPSA) is 29.5 Å². The van der Waals surface area contributed by atoms with Crippen LogP contribution in [0.15, 0.2) is 0 Å². The van der Waals surface area contributed by atoms with E-state index >= 15 is 0 Å². The average molecular weight is 230 g/mol. The first-order valence-corrected chi connectivity index (χ1v) is 6.25. The minimum absolute atomic E-state index is 0.175. The molecule has 0 bridgehead atoms. The largest absolute Gasteiger partial charge is 0.367 e. The summed E-state index contributed by atoms with van der Waals surface area (Å²) in [5, 5.41) is 10.2. The van der Waals surface area contributed by atoms with E-state index in [-0.39, 0.29) is 16.4 Å². The molecule has 98 valence electrons. The lowest BCUT2D eigenvalue weighted by Crippen LogP contribution is -2.41. The smallest absolute Gasteiger partial charge is 0.160 e. The van der Waals surface area contributed by atoms with Crippen LogP contribution in [0.2, 0.25) is 0 Å². The van der Waals surface area contributed by atoms with Gasteiger partial charge in [0.1, 0.15) is 0 Å². The molecule has 1 N–H and O–H groups in total. The van der Waals surface area contributed by atoms with Crippen molar-refractivity contribution < 1.29 is 9.84 Å². The predicted octanol–water partition coefficient (Wildman–Crippen LogP) is 3.97. The van der Waals surface area contributed by atoms with E-state index in [1.54, 1.807) is 0 Å². The fourth-order valence-corrected chi connectivity index (χ4v) is 2.08. The Balaban J connectivity index is 4.69. The van der Waals surface area contributed by atoms with Gasteiger partial charge in [-0.2, -0.15) is 0 Å². The molecule has 0 heterocycles. The highest BCUT2D eigenvalue weighted by Gasteiger charge is 2.37. The molecule has 2 atom stereocenters. The fourth-order valence-electron chi connectivity index (χ4n) is 2.08. The second-order valence-electron chi connectivity index (χ2n) is 7.33. The van der Waals surface area contributed by atoms with Crippen molar-refractivity contribution in [3.8, 4) is 0 Å². The Hall–Kier alpha value is -0.0800. The first-order valence-electron chi connectivity index (χ1n) is 6.25. The maximum Gasteiger partial charge on any atom is 0.160 e. The van der Waals surface area contributed by atoms with Crippen molar-refractivity contribution in [3.63, 3.8) is 0 Å². The molecule has 0 saturated carbocycles. The van der Waals surface area contributed by atoms with E-state index in [4.69, 9.17) is 4.74 Å². The Morgan fingerprint density at radius 3 is 1.69 bits per heavy atom. The molecule has 2 unspecified atom stereocenters. The molecular weight excluding hydrogens is 200 g/mol. The van der Waals surface area contributed by atoms with E-state index in [2.05, 4.69) is 34.6 Å². The highest BCUT2D eigenvalue weighted by atomic mass is 16.6. The van der Waals surface area contributed by atoms with Gasteiger partial charge in [-0.3, -0.25) is 0 Å². The quantitative estimate of drug-likeness (QED) is 0.740. The second-order valence-corrected chi connectivity index (χ2v) is 7.33. The Morgan fingerprint density at radius 2 is 1.44 bits per heavy atom. The lowest BCUT2D eigenvalue weighted by atomic mass is 9.73. The van der Waals surface area contributed by atoms with Crippen LogP contribution in [0.4, 0.5) is 0 Å². The van der Waals surface area contributed by atoms with Crippen LogP contribution in [-0.4, -0.2) is 17.0 Å². The van der Waals surface area contributed by atoms with Crippen molar-refractivity contribution in [3.05, 3.63) is 0 Å². The molecule has 0 aromatic carbocycles. The first-order chi connectivity index (χ1) is 6.90. The van der Waals surface area contributed by atoms with Gasteiger partial charge in [-0.1, -0.05) is 34.6 Å². The van der Waals surface area contributed by atoms with Gasteiger partial charge in [-0.25, -0.2) is 0 Å². The van der Waals surface area contributed by atoms with Crippen molar-refractivity contribution in [1.82, 2.24) is 0 Å². The monoisotopic (exact) mass is 230 g/mol. The number of hydrogen-bond acceptors (Lipinski definition) is 2. The number of aliphatic hydroxyl groups is 1. The summed E-state index contributed by atoms with van der Waals surface area (Å²) in [5.74, 6) is 0. The third kappa shape index (κ3) is 5.86. The number of aliphatic hydroxyl groups excluding tert-OH is 1. The molecule has 0 aromatic rings. The highest BCUT2D eigenvalue weighted by Crippen LogP contribution is 2.40. The Labute approximate surface area is 101 Å². The van der Waals surface area contributed by atoms with Gasteiger partial charge in [-0.15, -0.1) is 0 Å². The van der Waals surface area contributed by atoms with Gasteiger partial charge in [-0.05, 0) is 39.0 Å². The lowest BCUT2D eigenvalue weighted by Gasteiger charge is -2.40. The summed E-state index contributed by atoms with van der Waals surface area (Å²) >= 11 is 0. The minimum Gasteiger partial charge on any atom is -0.367 e. The van der Waals surface area contributed by atoms with E-state index in [0.717, 1.165) is 12.8 Å². The first kappa shape index (κ1) is 15.9. The zero-order valence-corrected chi connectivity index (χ0v) is 12.3. The van der Waals surface area contributed by atoms with Crippen molar-refractivity contribution in [1.29, 1.82) is 0 Å². The fraction of sp³-hybridized carbons (Fsp3) is 1.00. The predicted molar refractivity (Wildman–Crippen MR) is 69.3 cm³/mol. The van der Waals surface area contributed by atoms with Gasteiger partial charge in [0, 0.05) is 5.41 Å². The van der Waals surface area contributed by atoms with Gasteiger partial charge in [0.05, 0.1) is 5.60 Å². The van der Waals surface area contributed by atoms with Crippen LogP contribution in [0.1, 0.15) is 68.2 Å². The lowest BCUT2D eigenvalue weighted by molar-refractivity contribution is -0.226. The van der Waals surface area contributed by atoms with Crippen LogP contribution < -0.4 is 0 Å². The van der Waals surface area contributed by atoms with Crippen molar-refractivity contribution >= 4 is 0 Å². The molecule has 0 saturated heterocycles. The Morgan fingerprint density at radius 1 is 1.00 bits per heavy atom. The zero-order valence-electron chi connectivity index (χ0n) is 12.3. The minimum atomic E-state index is -0.697. The summed E-state index contributed by atoms with van der Waals surface area (Å²) in [6, 6.07) is 0. The van der Waals surface area contributed by atoms with Crippen molar-refractivity contribution in [2.75, 3.05) is 0 Å². The summed E-state index contributed by atoms with van der Waals surface area (Å²) in [6.45, 7) is 16.7. The molecule has 0 spiro atoms. The zero-order chi connectivity index (χ0) is 13.2. The van der Waals surface area contributed by atoms with Crippen LogP contribution in [-0.2, 0) is 4.74 Å². The molecule has 0 amide bonds. The summed E-state index contributed by atoms with van der Waals surface area (Å²) in [7, 11) is 0. The molecule has 16 heavy (non-hydrogen) atoms. The molecule has 0 rings (SSSR count). The molecule has 0 aliphatic carbocycles. The maximum absolute atomic E-state index is 10.2. The van der Waals surface area contributed by atoms with Gasteiger partial charge >= 0.3 is 0 Å². The van der Waals surface area contributed by atoms with Crippen molar-refractivity contribution in [2.24, 2.45) is 10.8 Å². The number of ether oxygens (including phenoxy) is 1. The Bertz CT molecular complexity index is 210. The van der Waals surface area contributed by atoms with Crippen LogP contribution >= 0.6 is 0 Å². The van der Waals surface area contributed by atoms with Crippen LogP contribution in [0, 0.1) is 10.8 Å². The SMILES string of the molecule is CCC(C)(CC(C)(C)C)C(O)OC(C)(C)C. The molecule has 0 aromatic heterocycles. The van der Waals surface area contributed by atoms with Crippen LogP contribution in [0.25, 0.3) is 0 Å². The maximum atomic E-state index is 10.2. The molecule has 2 nitrogen and oxygen atoms in total. The van der Waals surface area contributed by atoms with Gasteiger partial charge in [0.25, 0.3) is 0 Å². The second kappa shape index (κ2) is 5.05. The van der Waals surface area contributed by atoms with Gasteiger partial charge in [0.2, 0.25) is 0 Å². The average Bonchev–Trinajstić information content (AvgIpc) is 1.97. The molecule has 0 aliphatic rings. The molecule has 2 heteroatoms. The summed E-state index contributed by atoms with van der Waals surface area (Å²) < 4.78 is 5.70. The third-order valence-corrected chi connectivity index (χ3v) is 2.80. The molecule has 0 fully saturated rings. The molecular formula is C14H30O2. The highest BCUT2D eigenvalue weighted by molar-refractivity contribution is 4.82. The van der Waals surface area contributed by atoms with Crippen LogP contribution in [0.3, 0.4) is 0 Å². The Kier molecular flexibility index (Phi) is 5.03. The van der Waals surface area contributed by atoms with Crippen LogP contribution in [0.5, 0.6) is 0 Å². The molecule has 0 aliphatic heterocycles. The number of rotatable bonds is 4. The van der Waals surface area contributed by atoms with Gasteiger partial charge in [0.15, 0.2) is 6.29 Å². The van der Waals surface area contributed by atoms with E-state index in [1.165, 1.54) is 0 Å². The summed E-state index contributed by atoms with van der Waals surface area (Å²) in [6.07, 6.45) is 1.17. The van der Waals surface area contributed by atoms with E-state index in [1.807, 2.05) is 20.8 Å².